The molecule has 0 bridgehead atoms. The van der Waals surface area contributed by atoms with Crippen LogP contribution in [0.25, 0.3) is 0 Å². The maximum absolute atomic E-state index is 12.3. The van der Waals surface area contributed by atoms with Crippen LogP contribution in [0, 0.1) is 0 Å². The number of hydrogen-bond acceptors (Lipinski definition) is 6. The van der Waals surface area contributed by atoms with Gasteiger partial charge in [-0.2, -0.15) is 0 Å². The Morgan fingerprint density at radius 1 is 0.617 bits per heavy atom. The maximum Gasteiger partial charge on any atom is 0.161 e. The summed E-state index contributed by atoms with van der Waals surface area (Å²) in [7, 11) is 1.62. The van der Waals surface area contributed by atoms with Crippen LogP contribution < -0.4 is 23.7 Å². The van der Waals surface area contributed by atoms with E-state index < -0.39 is 5.92 Å². The van der Waals surface area contributed by atoms with Crippen molar-refractivity contribution in [2.24, 2.45) is 0 Å². The van der Waals surface area contributed by atoms with Crippen LogP contribution in [0.2, 0.25) is 0 Å². The molecule has 242 valence electrons. The molecular formula is C40H39BrO6. The van der Waals surface area contributed by atoms with Crippen LogP contribution in [-0.2, 0) is 24.6 Å². The van der Waals surface area contributed by atoms with Crippen molar-refractivity contribution in [3.63, 3.8) is 0 Å². The van der Waals surface area contributed by atoms with E-state index in [2.05, 4.69) is 15.9 Å². The predicted octanol–water partition coefficient (Wildman–Crippen LogP) is 9.32. The van der Waals surface area contributed by atoms with Crippen LogP contribution in [0.1, 0.15) is 46.6 Å². The lowest BCUT2D eigenvalue weighted by atomic mass is 9.87. The van der Waals surface area contributed by atoms with E-state index in [1.54, 1.807) is 7.11 Å². The van der Waals surface area contributed by atoms with Crippen LogP contribution >= 0.6 is 15.9 Å². The third-order valence-electron chi connectivity index (χ3n) is 7.61. The number of alkyl halides is 1. The molecule has 5 rings (SSSR count). The highest BCUT2D eigenvalue weighted by atomic mass is 79.9. The van der Waals surface area contributed by atoms with Gasteiger partial charge in [-0.1, -0.05) is 113 Å². The van der Waals surface area contributed by atoms with Gasteiger partial charge in [-0.05, 0) is 40.8 Å². The third kappa shape index (κ3) is 9.63. The summed E-state index contributed by atoms with van der Waals surface area (Å²) in [5, 5.41) is 0.827. The van der Waals surface area contributed by atoms with Crippen molar-refractivity contribution >= 4 is 22.2 Å². The summed E-state index contributed by atoms with van der Waals surface area (Å²) in [4.78, 5) is 12.3. The summed E-state index contributed by atoms with van der Waals surface area (Å²) in [5.74, 6) is 2.58. The van der Waals surface area contributed by atoms with E-state index in [4.69, 9.17) is 23.7 Å². The number of aldehydes is 1. The van der Waals surface area contributed by atoms with Gasteiger partial charge in [0.25, 0.3) is 0 Å². The molecule has 0 amide bonds. The van der Waals surface area contributed by atoms with Crippen molar-refractivity contribution in [1.82, 2.24) is 0 Å². The minimum Gasteiger partial charge on any atom is -0.493 e. The van der Waals surface area contributed by atoms with Gasteiger partial charge < -0.3 is 28.5 Å². The molecule has 5 aromatic carbocycles. The summed E-state index contributed by atoms with van der Waals surface area (Å²) in [6, 6.07) is 39.5. The zero-order chi connectivity index (χ0) is 32.7. The normalized spacial score (nSPS) is 11.4. The highest BCUT2D eigenvalue weighted by Crippen LogP contribution is 2.45. The van der Waals surface area contributed by atoms with Crippen molar-refractivity contribution in [2.75, 3.05) is 19.0 Å². The fraction of sp³-hybridized carbons (Fsp3) is 0.225. The number of hydrogen-bond donors (Lipinski definition) is 0. The molecule has 1 atom stereocenters. The van der Waals surface area contributed by atoms with Crippen molar-refractivity contribution in [3.05, 3.63) is 149 Å². The van der Waals surface area contributed by atoms with Gasteiger partial charge >= 0.3 is 0 Å². The summed E-state index contributed by atoms with van der Waals surface area (Å²) in [5.41, 5.74) is 4.69. The minimum atomic E-state index is -0.411. The van der Waals surface area contributed by atoms with Crippen LogP contribution in [-0.4, -0.2) is 25.3 Å². The quantitative estimate of drug-likeness (QED) is 0.0518. The average molecular weight is 696 g/mol. The summed E-state index contributed by atoms with van der Waals surface area (Å²) in [6.45, 7) is 1.56. The van der Waals surface area contributed by atoms with Gasteiger partial charge in [0.2, 0.25) is 0 Å². The number of carbonyl (C=O) groups is 1. The van der Waals surface area contributed by atoms with E-state index in [0.717, 1.165) is 45.9 Å². The van der Waals surface area contributed by atoms with Crippen LogP contribution in [0.15, 0.2) is 121 Å². The molecule has 0 N–H and O–H groups in total. The monoisotopic (exact) mass is 694 g/mol. The zero-order valence-electron chi connectivity index (χ0n) is 26.5. The largest absolute Gasteiger partial charge is 0.493 e. The lowest BCUT2D eigenvalue weighted by Gasteiger charge is -2.25. The van der Waals surface area contributed by atoms with Crippen molar-refractivity contribution in [2.45, 2.75) is 38.6 Å². The van der Waals surface area contributed by atoms with Crippen molar-refractivity contribution in [3.8, 4) is 28.7 Å². The second kappa shape index (κ2) is 17.8. The average Bonchev–Trinajstić information content (AvgIpc) is 3.12. The minimum absolute atomic E-state index is 0.192. The van der Waals surface area contributed by atoms with Gasteiger partial charge in [0.05, 0.1) is 13.7 Å². The number of carbonyl (C=O) groups excluding carboxylic acids is 1. The molecule has 0 saturated heterocycles. The van der Waals surface area contributed by atoms with E-state index >= 15 is 0 Å². The molecule has 0 saturated carbocycles. The number of rotatable bonds is 18. The Balaban J connectivity index is 1.58. The molecule has 0 heterocycles. The molecule has 5 aromatic rings. The topological polar surface area (TPSA) is 63.2 Å². The smallest absolute Gasteiger partial charge is 0.161 e. The van der Waals surface area contributed by atoms with Gasteiger partial charge in [-0.3, -0.25) is 0 Å². The van der Waals surface area contributed by atoms with Gasteiger partial charge in [0.1, 0.15) is 43.4 Å². The zero-order valence-corrected chi connectivity index (χ0v) is 28.1. The van der Waals surface area contributed by atoms with Crippen molar-refractivity contribution in [1.29, 1.82) is 0 Å². The molecule has 0 radical (unpaired) electrons. The number of ether oxygens (including phenoxy) is 5. The Bertz CT molecular complexity index is 1610. The van der Waals surface area contributed by atoms with Gasteiger partial charge in [0.15, 0.2) is 11.5 Å². The Morgan fingerprint density at radius 3 is 1.60 bits per heavy atom. The molecular weight excluding hydrogens is 656 g/mol. The molecule has 1 unspecified atom stereocenters. The molecule has 0 aliphatic carbocycles. The van der Waals surface area contributed by atoms with E-state index in [9.17, 15) is 4.79 Å². The lowest BCUT2D eigenvalue weighted by molar-refractivity contribution is -0.108. The molecule has 0 fully saturated rings. The molecule has 0 aliphatic rings. The van der Waals surface area contributed by atoms with E-state index in [0.29, 0.717) is 55.2 Å². The van der Waals surface area contributed by atoms with Gasteiger partial charge in [-0.15, -0.1) is 0 Å². The highest BCUT2D eigenvalue weighted by molar-refractivity contribution is 9.09. The standard InChI is InChI=1S/C40H39BrO6/c1-43-36-19-18-33(24-37(36)45-27-30-12-5-2-6-13-30)35(20-22-42)40-38(46-28-31-14-7-3-8-15-31)25-34(44-23-11-21-41)26-39(40)47-29-32-16-9-4-10-17-32/h2-10,12-19,22,24-26,35H,11,20-21,23,27-29H2,1H3. The Labute approximate surface area is 285 Å². The molecule has 0 aromatic heterocycles. The number of halogens is 1. The fourth-order valence-corrected chi connectivity index (χ4v) is 5.46. The Hall–Kier alpha value is -4.75. The van der Waals surface area contributed by atoms with Crippen LogP contribution in [0.3, 0.4) is 0 Å². The predicted molar refractivity (Wildman–Crippen MR) is 188 cm³/mol. The van der Waals surface area contributed by atoms with E-state index in [1.165, 1.54) is 0 Å². The fourth-order valence-electron chi connectivity index (χ4n) is 5.23. The molecule has 0 spiro atoms. The van der Waals surface area contributed by atoms with E-state index in [1.807, 2.05) is 121 Å². The first kappa shape index (κ1) is 33.6. The molecule has 47 heavy (non-hydrogen) atoms. The van der Waals surface area contributed by atoms with Crippen molar-refractivity contribution < 1.29 is 28.5 Å². The summed E-state index contributed by atoms with van der Waals surface area (Å²) >= 11 is 3.49. The Morgan fingerprint density at radius 2 is 1.13 bits per heavy atom. The van der Waals surface area contributed by atoms with E-state index in [-0.39, 0.29) is 6.42 Å². The first-order chi connectivity index (χ1) is 23.2. The third-order valence-corrected chi connectivity index (χ3v) is 8.17. The highest BCUT2D eigenvalue weighted by Gasteiger charge is 2.26. The van der Waals surface area contributed by atoms with Crippen LogP contribution in [0.4, 0.5) is 0 Å². The summed E-state index contributed by atoms with van der Waals surface area (Å²) < 4.78 is 31.2. The number of methoxy groups -OCH3 is 1. The van der Waals surface area contributed by atoms with Gasteiger partial charge in [0, 0.05) is 35.4 Å². The van der Waals surface area contributed by atoms with Gasteiger partial charge in [-0.25, -0.2) is 0 Å². The summed E-state index contributed by atoms with van der Waals surface area (Å²) in [6.07, 6.45) is 1.97. The second-order valence-electron chi connectivity index (χ2n) is 10.9. The Kier molecular flexibility index (Phi) is 12.7. The second-order valence-corrected chi connectivity index (χ2v) is 11.7. The molecule has 0 aliphatic heterocycles. The van der Waals surface area contributed by atoms with Crippen LogP contribution in [0.5, 0.6) is 28.7 Å². The first-order valence-electron chi connectivity index (χ1n) is 15.7. The lowest BCUT2D eigenvalue weighted by Crippen LogP contribution is -2.11. The molecule has 7 heteroatoms. The SMILES string of the molecule is COc1ccc(C(CC=O)c2c(OCc3ccccc3)cc(OCCCBr)cc2OCc2ccccc2)cc1OCc1ccccc1. The maximum atomic E-state index is 12.3. The first-order valence-corrected chi connectivity index (χ1v) is 16.8. The number of benzene rings is 5. The molecule has 6 nitrogen and oxygen atoms in total.